The number of aromatic nitrogens is 4. The molecule has 102 valence electrons. The van der Waals surface area contributed by atoms with Gasteiger partial charge in [-0.3, -0.25) is 4.68 Å². The molecule has 0 amide bonds. The van der Waals surface area contributed by atoms with Crippen LogP contribution in [0.3, 0.4) is 0 Å². The molecule has 2 aromatic heterocycles. The van der Waals surface area contributed by atoms with Gasteiger partial charge in [-0.2, -0.15) is 5.10 Å². The van der Waals surface area contributed by atoms with Gasteiger partial charge in [0, 0.05) is 7.05 Å². The Labute approximate surface area is 121 Å². The largest absolute Gasteiger partial charge is 0.486 e. The lowest BCUT2D eigenvalue weighted by Gasteiger charge is -2.06. The van der Waals surface area contributed by atoms with Crippen molar-refractivity contribution in [3.05, 3.63) is 47.0 Å². The van der Waals surface area contributed by atoms with E-state index in [2.05, 4.69) is 15.1 Å². The molecule has 0 aliphatic rings. The quantitative estimate of drug-likeness (QED) is 0.695. The monoisotopic (exact) mass is 288 g/mol. The van der Waals surface area contributed by atoms with Crippen LogP contribution in [0.15, 0.2) is 30.5 Å². The van der Waals surface area contributed by atoms with Gasteiger partial charge in [-0.15, -0.1) is 0 Å². The highest BCUT2D eigenvalue weighted by atomic mass is 35.5. The highest BCUT2D eigenvalue weighted by Crippen LogP contribution is 2.20. The Kier molecular flexibility index (Phi) is 3.28. The third-order valence-electron chi connectivity index (χ3n) is 2.98. The minimum absolute atomic E-state index is 0.268. The van der Waals surface area contributed by atoms with Crippen LogP contribution in [-0.2, 0) is 13.7 Å². The van der Waals surface area contributed by atoms with Crippen LogP contribution >= 0.6 is 11.6 Å². The molecule has 3 rings (SSSR count). The number of ether oxygens (including phenoxy) is 1. The summed E-state index contributed by atoms with van der Waals surface area (Å²) in [6.07, 6.45) is 1.66. The summed E-state index contributed by atoms with van der Waals surface area (Å²) >= 11 is 6.12. The first-order valence-corrected chi connectivity index (χ1v) is 6.55. The van der Waals surface area contributed by atoms with Crippen molar-refractivity contribution in [1.29, 1.82) is 0 Å². The molecule has 0 aliphatic heterocycles. The maximum atomic E-state index is 6.12. The second kappa shape index (κ2) is 5.09. The van der Waals surface area contributed by atoms with Crippen LogP contribution in [0.1, 0.15) is 11.4 Å². The van der Waals surface area contributed by atoms with Crippen molar-refractivity contribution < 1.29 is 4.74 Å². The Bertz CT molecular complexity index is 752. The second-order valence-corrected chi connectivity index (χ2v) is 4.90. The smallest absolute Gasteiger partial charge is 0.170 e. The maximum Gasteiger partial charge on any atom is 0.170 e. The van der Waals surface area contributed by atoms with Crippen LogP contribution in [0, 0.1) is 6.92 Å². The summed E-state index contributed by atoms with van der Waals surface area (Å²) in [6, 6.07) is 7.82. The number of hydrogen-bond acceptors (Lipinski definition) is 4. The van der Waals surface area contributed by atoms with Crippen LogP contribution in [0.5, 0.6) is 5.75 Å². The molecule has 0 saturated heterocycles. The van der Waals surface area contributed by atoms with Gasteiger partial charge >= 0.3 is 0 Å². The van der Waals surface area contributed by atoms with E-state index in [1.165, 1.54) is 5.56 Å². The van der Waals surface area contributed by atoms with Crippen molar-refractivity contribution in [3.63, 3.8) is 0 Å². The van der Waals surface area contributed by atoms with E-state index in [-0.39, 0.29) is 6.61 Å². The van der Waals surface area contributed by atoms with Crippen LogP contribution < -0.4 is 4.74 Å². The highest BCUT2D eigenvalue weighted by molar-refractivity contribution is 6.33. The van der Waals surface area contributed by atoms with E-state index in [1.54, 1.807) is 10.9 Å². The fraction of sp³-hybridized carbons (Fsp3) is 0.214. The van der Waals surface area contributed by atoms with Crippen molar-refractivity contribution in [2.24, 2.45) is 7.05 Å². The van der Waals surface area contributed by atoms with Gasteiger partial charge in [-0.25, -0.2) is 9.97 Å². The van der Waals surface area contributed by atoms with E-state index in [9.17, 15) is 0 Å². The van der Waals surface area contributed by atoms with E-state index in [0.717, 1.165) is 11.1 Å². The molecule has 5 nitrogen and oxygen atoms in total. The van der Waals surface area contributed by atoms with Crippen molar-refractivity contribution in [3.8, 4) is 5.75 Å². The van der Waals surface area contributed by atoms with Crippen molar-refractivity contribution in [1.82, 2.24) is 19.7 Å². The number of nitrogens with zero attached hydrogens (tertiary/aromatic N) is 4. The van der Waals surface area contributed by atoms with Gasteiger partial charge in [0.1, 0.15) is 17.5 Å². The van der Waals surface area contributed by atoms with E-state index in [0.29, 0.717) is 16.6 Å². The zero-order valence-corrected chi connectivity index (χ0v) is 11.9. The molecule has 0 radical (unpaired) electrons. The highest BCUT2D eigenvalue weighted by Gasteiger charge is 2.10. The lowest BCUT2D eigenvalue weighted by molar-refractivity contribution is 0.296. The molecule has 0 bridgehead atoms. The number of halogens is 1. The summed E-state index contributed by atoms with van der Waals surface area (Å²) in [5.74, 6) is 1.31. The number of hydrogen-bond donors (Lipinski definition) is 0. The first-order chi connectivity index (χ1) is 9.63. The Morgan fingerprint density at radius 2 is 1.95 bits per heavy atom. The Morgan fingerprint density at radius 1 is 1.20 bits per heavy atom. The fourth-order valence-electron chi connectivity index (χ4n) is 1.88. The summed E-state index contributed by atoms with van der Waals surface area (Å²) in [5, 5.41) is 5.25. The number of benzene rings is 1. The summed E-state index contributed by atoms with van der Waals surface area (Å²) in [6.45, 7) is 2.30. The number of aryl methyl sites for hydroxylation is 2. The maximum absolute atomic E-state index is 6.12. The van der Waals surface area contributed by atoms with Gasteiger partial charge in [0.15, 0.2) is 11.5 Å². The normalized spacial score (nSPS) is 10.9. The fourth-order valence-corrected chi connectivity index (χ4v) is 2.11. The van der Waals surface area contributed by atoms with E-state index < -0.39 is 0 Å². The SMILES string of the molecule is Cc1ccc(OCc2nc(Cl)c3cnn(C)c3n2)cc1. The average Bonchev–Trinajstić information content (AvgIpc) is 2.81. The predicted octanol–water partition coefficient (Wildman–Crippen LogP) is 2.90. The third-order valence-corrected chi connectivity index (χ3v) is 3.27. The first-order valence-electron chi connectivity index (χ1n) is 6.17. The second-order valence-electron chi connectivity index (χ2n) is 4.54. The molecule has 0 atom stereocenters. The average molecular weight is 289 g/mol. The molecule has 2 heterocycles. The molecule has 6 heteroatoms. The predicted molar refractivity (Wildman–Crippen MR) is 76.8 cm³/mol. The molecule has 0 spiro atoms. The summed E-state index contributed by atoms with van der Waals surface area (Å²) < 4.78 is 7.32. The first kappa shape index (κ1) is 12.9. The van der Waals surface area contributed by atoms with Crippen LogP contribution in [-0.4, -0.2) is 19.7 Å². The van der Waals surface area contributed by atoms with E-state index >= 15 is 0 Å². The molecule has 0 saturated carbocycles. The van der Waals surface area contributed by atoms with Crippen molar-refractivity contribution in [2.45, 2.75) is 13.5 Å². The topological polar surface area (TPSA) is 52.8 Å². The van der Waals surface area contributed by atoms with Crippen LogP contribution in [0.4, 0.5) is 0 Å². The van der Waals surface area contributed by atoms with E-state index in [4.69, 9.17) is 16.3 Å². The molecular formula is C14H13ClN4O. The minimum Gasteiger partial charge on any atom is -0.486 e. The standard InChI is InChI=1S/C14H13ClN4O/c1-9-3-5-10(6-4-9)20-8-12-17-13(15)11-7-16-19(2)14(11)18-12/h3-7H,8H2,1-2H3. The third kappa shape index (κ3) is 2.44. The molecule has 0 N–H and O–H groups in total. The van der Waals surface area contributed by atoms with Crippen molar-refractivity contribution >= 4 is 22.6 Å². The van der Waals surface area contributed by atoms with Gasteiger partial charge in [0.25, 0.3) is 0 Å². The summed E-state index contributed by atoms with van der Waals surface area (Å²) in [7, 11) is 1.82. The minimum atomic E-state index is 0.268. The molecule has 0 fully saturated rings. The number of fused-ring (bicyclic) bond motifs is 1. The lowest BCUT2D eigenvalue weighted by Crippen LogP contribution is -2.03. The number of rotatable bonds is 3. The Hall–Kier alpha value is -2.14. The lowest BCUT2D eigenvalue weighted by atomic mass is 10.2. The van der Waals surface area contributed by atoms with Gasteiger partial charge in [0.2, 0.25) is 0 Å². The zero-order valence-electron chi connectivity index (χ0n) is 11.2. The molecule has 0 unspecified atom stereocenters. The molecular weight excluding hydrogens is 276 g/mol. The zero-order chi connectivity index (χ0) is 14.1. The van der Waals surface area contributed by atoms with Gasteiger partial charge in [0.05, 0.1) is 11.6 Å². The Balaban J connectivity index is 1.83. The van der Waals surface area contributed by atoms with Crippen LogP contribution in [0.25, 0.3) is 11.0 Å². The summed E-state index contributed by atoms with van der Waals surface area (Å²) in [4.78, 5) is 8.63. The molecule has 0 aliphatic carbocycles. The Morgan fingerprint density at radius 3 is 2.70 bits per heavy atom. The van der Waals surface area contributed by atoms with Gasteiger partial charge in [-0.05, 0) is 19.1 Å². The van der Waals surface area contributed by atoms with Crippen molar-refractivity contribution in [2.75, 3.05) is 0 Å². The summed E-state index contributed by atoms with van der Waals surface area (Å²) in [5.41, 5.74) is 1.89. The van der Waals surface area contributed by atoms with Gasteiger partial charge < -0.3 is 4.74 Å². The molecule has 20 heavy (non-hydrogen) atoms. The van der Waals surface area contributed by atoms with Crippen LogP contribution in [0.2, 0.25) is 5.15 Å². The molecule has 1 aromatic carbocycles. The van der Waals surface area contributed by atoms with E-state index in [1.807, 2.05) is 38.2 Å². The van der Waals surface area contributed by atoms with Gasteiger partial charge in [-0.1, -0.05) is 29.3 Å². The molecule has 3 aromatic rings.